The predicted molar refractivity (Wildman–Crippen MR) is 120 cm³/mol. The van der Waals surface area contributed by atoms with Crippen LogP contribution < -0.4 is 5.43 Å². The van der Waals surface area contributed by atoms with Gasteiger partial charge in [0.2, 0.25) is 0 Å². The molecule has 5 heteroatoms. The van der Waals surface area contributed by atoms with Gasteiger partial charge in [0, 0.05) is 28.5 Å². The summed E-state index contributed by atoms with van der Waals surface area (Å²) >= 11 is 0. The van der Waals surface area contributed by atoms with Gasteiger partial charge in [-0.1, -0.05) is 56.3 Å². The average molecular weight is 416 g/mol. The highest BCUT2D eigenvalue weighted by Gasteiger charge is 2.16. The molecule has 2 aromatic carbocycles. The smallest absolute Gasteiger partial charge is 0.373 e. The maximum Gasteiger partial charge on any atom is 0.373 e. The zero-order chi connectivity index (χ0) is 23.0. The summed E-state index contributed by atoms with van der Waals surface area (Å²) in [6.45, 7) is 7.42. The number of hydrogen-bond acceptors (Lipinski definition) is 5. The van der Waals surface area contributed by atoms with Gasteiger partial charge in [-0.2, -0.15) is 9.59 Å². The summed E-state index contributed by atoms with van der Waals surface area (Å²) in [7, 11) is 0. The van der Waals surface area contributed by atoms with E-state index in [4.69, 9.17) is 14.0 Å². The van der Waals surface area contributed by atoms with Crippen LogP contribution in [0.4, 0.5) is 0 Å². The molecule has 0 N–H and O–H groups in total. The lowest BCUT2D eigenvalue weighted by Gasteiger charge is -2.15. The van der Waals surface area contributed by atoms with Crippen LogP contribution in [0.5, 0.6) is 0 Å². The van der Waals surface area contributed by atoms with Crippen molar-refractivity contribution in [3.8, 4) is 22.5 Å². The van der Waals surface area contributed by atoms with Gasteiger partial charge >= 0.3 is 6.15 Å². The second-order valence-corrected chi connectivity index (χ2v) is 7.35. The number of Topliss-reactive ketones (excluding diaryl/α,β-unsaturated/α-hetero) is 1. The molecule has 0 amide bonds. The van der Waals surface area contributed by atoms with Gasteiger partial charge in [-0.15, -0.1) is 0 Å². The van der Waals surface area contributed by atoms with Crippen molar-refractivity contribution in [2.24, 2.45) is 5.92 Å². The number of benzene rings is 3. The third kappa shape index (κ3) is 6.08. The second-order valence-electron chi connectivity index (χ2n) is 7.35. The van der Waals surface area contributed by atoms with E-state index in [0.717, 1.165) is 33.2 Å². The highest BCUT2D eigenvalue weighted by molar-refractivity contribution is 6.01. The maximum atomic E-state index is 11.7. The largest absolute Gasteiger partial charge is 0.456 e. The van der Waals surface area contributed by atoms with E-state index in [-0.39, 0.29) is 23.3 Å². The Morgan fingerprint density at radius 1 is 0.935 bits per heavy atom. The molecule has 5 nitrogen and oxygen atoms in total. The molecule has 0 aromatic heterocycles. The fourth-order valence-corrected chi connectivity index (χ4v) is 2.89. The van der Waals surface area contributed by atoms with Gasteiger partial charge in [0.25, 0.3) is 0 Å². The molecule has 0 saturated heterocycles. The van der Waals surface area contributed by atoms with Crippen LogP contribution >= 0.6 is 0 Å². The maximum absolute atomic E-state index is 11.7. The Bertz CT molecular complexity index is 1230. The second kappa shape index (κ2) is 10.8. The van der Waals surface area contributed by atoms with E-state index in [1.165, 1.54) is 0 Å². The van der Waals surface area contributed by atoms with Crippen molar-refractivity contribution in [2.75, 3.05) is 0 Å². The molecule has 0 unspecified atom stereocenters. The first-order valence-electron chi connectivity index (χ1n) is 9.80. The van der Waals surface area contributed by atoms with Crippen molar-refractivity contribution >= 4 is 22.9 Å². The average Bonchev–Trinajstić information content (AvgIpc) is 2.73. The van der Waals surface area contributed by atoms with Gasteiger partial charge in [0.05, 0.1) is 0 Å². The summed E-state index contributed by atoms with van der Waals surface area (Å²) < 4.78 is 5.97. The lowest BCUT2D eigenvalue weighted by Crippen LogP contribution is -1.99. The highest BCUT2D eigenvalue weighted by atomic mass is 16.3. The first kappa shape index (κ1) is 23.5. The fourth-order valence-electron chi connectivity index (χ4n) is 2.89. The Morgan fingerprint density at radius 3 is 2.13 bits per heavy atom. The number of carbonyl (C=O) groups is 1. The number of hydrogen-bond donors (Lipinski definition) is 0. The molecule has 1 heterocycles. The van der Waals surface area contributed by atoms with E-state index in [1.54, 1.807) is 19.1 Å². The van der Waals surface area contributed by atoms with E-state index in [2.05, 4.69) is 24.3 Å². The Labute approximate surface area is 180 Å². The van der Waals surface area contributed by atoms with E-state index < -0.39 is 0 Å². The number of carbonyl (C=O) groups excluding carboxylic acids is 3. The molecule has 2 aromatic rings. The van der Waals surface area contributed by atoms with Gasteiger partial charge in [0.15, 0.2) is 5.43 Å². The third-order valence-electron chi connectivity index (χ3n) is 4.72. The van der Waals surface area contributed by atoms with Gasteiger partial charge in [-0.3, -0.25) is 9.59 Å². The van der Waals surface area contributed by atoms with E-state index >= 15 is 0 Å². The van der Waals surface area contributed by atoms with Crippen LogP contribution in [-0.2, 0) is 14.4 Å². The molecule has 0 saturated carbocycles. The van der Waals surface area contributed by atoms with Crippen molar-refractivity contribution in [3.05, 3.63) is 82.5 Å². The van der Waals surface area contributed by atoms with Crippen LogP contribution in [0, 0.1) is 12.8 Å². The molecule has 0 radical (unpaired) electrons. The Balaban J connectivity index is 0.000000325. The zero-order valence-corrected chi connectivity index (χ0v) is 18.0. The molecule has 0 fully saturated rings. The van der Waals surface area contributed by atoms with Crippen molar-refractivity contribution in [2.45, 2.75) is 27.7 Å². The molecule has 2 aliphatic rings. The van der Waals surface area contributed by atoms with Crippen LogP contribution in [0.25, 0.3) is 33.4 Å². The normalized spacial score (nSPS) is 9.97. The van der Waals surface area contributed by atoms with Crippen molar-refractivity contribution < 1.29 is 18.8 Å². The molecule has 0 bridgehead atoms. The monoisotopic (exact) mass is 416 g/mol. The quantitative estimate of drug-likeness (QED) is 0.402. The minimum Gasteiger partial charge on any atom is -0.456 e. The molecule has 158 valence electrons. The topological polar surface area (TPSA) is 81.4 Å². The molecule has 1 aliphatic heterocycles. The molecule has 1 aliphatic carbocycles. The SMILES string of the molecule is CC(=O)C(C)C.Cc1ccc2c(-c3ccccc3)c3ccc(=O)cc-3oc2c1.O=C=O. The fraction of sp³-hybridized carbons (Fsp3) is 0.192. The first-order chi connectivity index (χ1) is 14.8. The van der Waals surface area contributed by atoms with Crippen LogP contribution in [-0.4, -0.2) is 11.9 Å². The van der Waals surface area contributed by atoms with E-state index in [9.17, 15) is 9.59 Å². The van der Waals surface area contributed by atoms with E-state index in [1.807, 2.05) is 51.1 Å². The molecule has 0 atom stereocenters. The molecule has 31 heavy (non-hydrogen) atoms. The zero-order valence-electron chi connectivity index (χ0n) is 18.0. The minimum atomic E-state index is -0.0396. The lowest BCUT2D eigenvalue weighted by molar-refractivity contribution is -0.191. The van der Waals surface area contributed by atoms with Crippen LogP contribution in [0.15, 0.2) is 75.9 Å². The van der Waals surface area contributed by atoms with Crippen molar-refractivity contribution in [1.29, 1.82) is 0 Å². The third-order valence-corrected chi connectivity index (χ3v) is 4.72. The lowest BCUT2D eigenvalue weighted by atomic mass is 9.93. The summed E-state index contributed by atoms with van der Waals surface area (Å²) in [5.74, 6) is 1.10. The summed E-state index contributed by atoms with van der Waals surface area (Å²) in [4.78, 5) is 38.1. The number of aryl methyl sites for hydroxylation is 1. The summed E-state index contributed by atoms with van der Waals surface area (Å²) in [5.41, 5.74) is 5.09. The number of rotatable bonds is 2. The summed E-state index contributed by atoms with van der Waals surface area (Å²) in [5, 5.41) is 1.06. The molecular weight excluding hydrogens is 392 g/mol. The standard InChI is InChI=1S/C20H14O2.C5H10O.CO2/c1-13-7-9-16-18(11-13)22-19-12-15(21)8-10-17(19)20(16)14-5-3-2-4-6-14;1-4(2)5(3)6;2-1-3/h2-12H,1H3;4H,1-3H3;. The highest BCUT2D eigenvalue weighted by Crippen LogP contribution is 2.39. The first-order valence-corrected chi connectivity index (χ1v) is 9.80. The Morgan fingerprint density at radius 2 is 1.55 bits per heavy atom. The van der Waals surface area contributed by atoms with Crippen molar-refractivity contribution in [3.63, 3.8) is 0 Å². The Kier molecular flexibility index (Phi) is 8.18. The van der Waals surface area contributed by atoms with Gasteiger partial charge in [-0.05, 0) is 43.2 Å². The van der Waals surface area contributed by atoms with Crippen molar-refractivity contribution in [1.82, 2.24) is 0 Å². The summed E-state index contributed by atoms with van der Waals surface area (Å²) in [6.07, 6.45) is 0.250. The molecule has 4 rings (SSSR count). The molecular formula is C26H24O5. The van der Waals surface area contributed by atoms with Crippen LogP contribution in [0.2, 0.25) is 0 Å². The number of ketones is 1. The van der Waals surface area contributed by atoms with Gasteiger partial charge < -0.3 is 4.42 Å². The van der Waals surface area contributed by atoms with Gasteiger partial charge in [0.1, 0.15) is 17.1 Å². The van der Waals surface area contributed by atoms with E-state index in [0.29, 0.717) is 5.76 Å². The summed E-state index contributed by atoms with van der Waals surface area (Å²) in [6, 6.07) is 21.4. The van der Waals surface area contributed by atoms with Crippen LogP contribution in [0.3, 0.4) is 0 Å². The van der Waals surface area contributed by atoms with Gasteiger partial charge in [-0.25, -0.2) is 0 Å². The minimum absolute atomic E-state index is 0.0396. The predicted octanol–water partition coefficient (Wildman–Crippen LogP) is 5.52. The number of fused-ring (bicyclic) bond motifs is 2. The Hall–Kier alpha value is -3.82. The van der Waals surface area contributed by atoms with Crippen LogP contribution in [0.1, 0.15) is 26.3 Å². The molecule has 0 spiro atoms.